The number of nitrogens with zero attached hydrogens (tertiary/aromatic N) is 1. The summed E-state index contributed by atoms with van der Waals surface area (Å²) in [5.74, 6) is 1.51. The van der Waals surface area contributed by atoms with Crippen LogP contribution in [0.1, 0.15) is 34.7 Å². The summed E-state index contributed by atoms with van der Waals surface area (Å²) in [6.45, 7) is 0.656. The number of halogens is 1. The van der Waals surface area contributed by atoms with Crippen LogP contribution in [0.15, 0.2) is 66.7 Å². The SMILES string of the molecule is COc1cc2c(cc1OC)C(c1ccccc1)N(C(=O)CCc1ccccc1Cl)CC2. The van der Waals surface area contributed by atoms with Crippen molar-refractivity contribution in [3.05, 3.63) is 94.0 Å². The minimum atomic E-state index is -0.163. The first-order valence-electron chi connectivity index (χ1n) is 10.4. The fourth-order valence-corrected chi connectivity index (χ4v) is 4.53. The largest absolute Gasteiger partial charge is 0.493 e. The molecule has 4 nitrogen and oxygen atoms in total. The molecule has 1 amide bonds. The second-order valence-corrected chi connectivity index (χ2v) is 8.05. The van der Waals surface area contributed by atoms with Crippen LogP contribution in [-0.2, 0) is 17.6 Å². The summed E-state index contributed by atoms with van der Waals surface area (Å²) in [5.41, 5.74) is 4.35. The first kappa shape index (κ1) is 21.3. The minimum absolute atomic E-state index is 0.120. The Morgan fingerprint density at radius 3 is 2.39 bits per heavy atom. The van der Waals surface area contributed by atoms with E-state index in [4.69, 9.17) is 21.1 Å². The van der Waals surface area contributed by atoms with Crippen molar-refractivity contribution in [2.75, 3.05) is 20.8 Å². The molecule has 160 valence electrons. The number of fused-ring (bicyclic) bond motifs is 1. The second kappa shape index (κ2) is 9.44. The van der Waals surface area contributed by atoms with Gasteiger partial charge in [-0.05, 0) is 53.3 Å². The van der Waals surface area contributed by atoms with Crippen molar-refractivity contribution in [1.82, 2.24) is 4.90 Å². The third kappa shape index (κ3) is 4.40. The smallest absolute Gasteiger partial charge is 0.223 e. The number of rotatable bonds is 6. The van der Waals surface area contributed by atoms with Crippen LogP contribution in [0.25, 0.3) is 0 Å². The number of methoxy groups -OCH3 is 2. The van der Waals surface area contributed by atoms with Crippen LogP contribution in [0.3, 0.4) is 0 Å². The van der Waals surface area contributed by atoms with Gasteiger partial charge in [0.25, 0.3) is 0 Å². The van der Waals surface area contributed by atoms with E-state index in [9.17, 15) is 4.79 Å². The van der Waals surface area contributed by atoms with Gasteiger partial charge in [0.05, 0.1) is 20.3 Å². The van der Waals surface area contributed by atoms with Gasteiger partial charge in [0, 0.05) is 18.0 Å². The summed E-state index contributed by atoms with van der Waals surface area (Å²) in [6.07, 6.45) is 1.81. The van der Waals surface area contributed by atoms with E-state index in [2.05, 4.69) is 12.1 Å². The van der Waals surface area contributed by atoms with Crippen molar-refractivity contribution < 1.29 is 14.3 Å². The van der Waals surface area contributed by atoms with Gasteiger partial charge in [-0.2, -0.15) is 0 Å². The number of hydrogen-bond donors (Lipinski definition) is 0. The zero-order valence-electron chi connectivity index (χ0n) is 17.8. The Morgan fingerprint density at radius 2 is 1.68 bits per heavy atom. The zero-order valence-corrected chi connectivity index (χ0v) is 18.6. The van der Waals surface area contributed by atoms with Crippen molar-refractivity contribution in [2.24, 2.45) is 0 Å². The highest BCUT2D eigenvalue weighted by atomic mass is 35.5. The van der Waals surface area contributed by atoms with E-state index in [0.717, 1.165) is 23.1 Å². The molecule has 0 aliphatic carbocycles. The van der Waals surface area contributed by atoms with Gasteiger partial charge in [0.15, 0.2) is 11.5 Å². The van der Waals surface area contributed by atoms with Crippen LogP contribution >= 0.6 is 11.6 Å². The lowest BCUT2D eigenvalue weighted by molar-refractivity contribution is -0.133. The molecule has 0 bridgehead atoms. The van der Waals surface area contributed by atoms with Crippen LogP contribution in [0.4, 0.5) is 0 Å². The van der Waals surface area contributed by atoms with Gasteiger partial charge in [-0.1, -0.05) is 60.1 Å². The van der Waals surface area contributed by atoms with Crippen LogP contribution in [0, 0.1) is 0 Å². The maximum atomic E-state index is 13.4. The van der Waals surface area contributed by atoms with Crippen molar-refractivity contribution in [3.63, 3.8) is 0 Å². The molecule has 1 heterocycles. The molecule has 1 atom stereocenters. The van der Waals surface area contributed by atoms with Crippen molar-refractivity contribution >= 4 is 17.5 Å². The maximum Gasteiger partial charge on any atom is 0.223 e. The highest BCUT2D eigenvalue weighted by molar-refractivity contribution is 6.31. The highest BCUT2D eigenvalue weighted by Gasteiger charge is 2.33. The fraction of sp³-hybridized carbons (Fsp3) is 0.269. The van der Waals surface area contributed by atoms with Gasteiger partial charge < -0.3 is 14.4 Å². The standard InChI is InChI=1S/C26H26ClNO3/c1-30-23-16-20-14-15-28(25(29)13-12-18-8-6-7-11-22(18)27)26(19-9-4-3-5-10-19)21(20)17-24(23)31-2/h3-11,16-17,26H,12-15H2,1-2H3. The van der Waals surface area contributed by atoms with Crippen LogP contribution < -0.4 is 9.47 Å². The molecular weight excluding hydrogens is 410 g/mol. The molecule has 1 aliphatic heterocycles. The van der Waals surface area contributed by atoms with Gasteiger partial charge in [-0.3, -0.25) is 4.79 Å². The molecule has 0 N–H and O–H groups in total. The molecular formula is C26H26ClNO3. The molecule has 0 radical (unpaired) electrons. The molecule has 0 spiro atoms. The Bertz CT molecular complexity index is 1070. The van der Waals surface area contributed by atoms with E-state index in [1.165, 1.54) is 5.56 Å². The lowest BCUT2D eigenvalue weighted by atomic mass is 9.87. The highest BCUT2D eigenvalue weighted by Crippen LogP contribution is 2.41. The Labute approximate surface area is 188 Å². The molecule has 5 heteroatoms. The summed E-state index contributed by atoms with van der Waals surface area (Å²) in [6, 6.07) is 21.8. The number of amides is 1. The van der Waals surface area contributed by atoms with E-state index in [-0.39, 0.29) is 11.9 Å². The molecule has 0 saturated carbocycles. The summed E-state index contributed by atoms with van der Waals surface area (Å²) in [4.78, 5) is 15.4. The second-order valence-electron chi connectivity index (χ2n) is 7.65. The first-order valence-corrected chi connectivity index (χ1v) is 10.8. The predicted octanol–water partition coefficient (Wildman–Crippen LogP) is 5.46. The van der Waals surface area contributed by atoms with Crippen molar-refractivity contribution in [2.45, 2.75) is 25.3 Å². The summed E-state index contributed by atoms with van der Waals surface area (Å²) >= 11 is 6.30. The summed E-state index contributed by atoms with van der Waals surface area (Å²) < 4.78 is 11.1. The number of carbonyl (C=O) groups is 1. The van der Waals surface area contributed by atoms with E-state index < -0.39 is 0 Å². The number of hydrogen-bond acceptors (Lipinski definition) is 3. The minimum Gasteiger partial charge on any atom is -0.493 e. The summed E-state index contributed by atoms with van der Waals surface area (Å²) in [7, 11) is 3.28. The van der Waals surface area contributed by atoms with Crippen LogP contribution in [0.5, 0.6) is 11.5 Å². The molecule has 3 aromatic carbocycles. The normalized spacial score (nSPS) is 15.3. The molecule has 1 aliphatic rings. The lowest BCUT2D eigenvalue weighted by Gasteiger charge is -2.38. The third-order valence-electron chi connectivity index (χ3n) is 5.88. The van der Waals surface area contributed by atoms with E-state index in [0.29, 0.717) is 35.9 Å². The van der Waals surface area contributed by atoms with Gasteiger partial charge in [0.2, 0.25) is 5.91 Å². The predicted molar refractivity (Wildman–Crippen MR) is 123 cm³/mol. The number of ether oxygens (including phenoxy) is 2. The molecule has 1 unspecified atom stereocenters. The van der Waals surface area contributed by atoms with Crippen LogP contribution in [-0.4, -0.2) is 31.6 Å². The number of aryl methyl sites for hydroxylation is 1. The molecule has 0 aromatic heterocycles. The van der Waals surface area contributed by atoms with Gasteiger partial charge in [-0.15, -0.1) is 0 Å². The van der Waals surface area contributed by atoms with Gasteiger partial charge in [-0.25, -0.2) is 0 Å². The fourth-order valence-electron chi connectivity index (χ4n) is 4.30. The molecule has 4 rings (SSSR count). The van der Waals surface area contributed by atoms with Crippen molar-refractivity contribution in [1.29, 1.82) is 0 Å². The molecule has 0 saturated heterocycles. The Morgan fingerprint density at radius 1 is 1.00 bits per heavy atom. The monoisotopic (exact) mass is 435 g/mol. The quantitative estimate of drug-likeness (QED) is 0.515. The van der Waals surface area contributed by atoms with Gasteiger partial charge in [0.1, 0.15) is 0 Å². The summed E-state index contributed by atoms with van der Waals surface area (Å²) in [5, 5.41) is 0.704. The third-order valence-corrected chi connectivity index (χ3v) is 6.24. The topological polar surface area (TPSA) is 38.8 Å². The molecule has 3 aromatic rings. The number of carbonyl (C=O) groups excluding carboxylic acids is 1. The number of benzene rings is 3. The van der Waals surface area contributed by atoms with E-state index in [1.807, 2.05) is 59.5 Å². The Kier molecular flexibility index (Phi) is 6.47. The van der Waals surface area contributed by atoms with Gasteiger partial charge >= 0.3 is 0 Å². The van der Waals surface area contributed by atoms with Crippen LogP contribution in [0.2, 0.25) is 5.02 Å². The zero-order chi connectivity index (χ0) is 21.8. The van der Waals surface area contributed by atoms with Crippen molar-refractivity contribution in [3.8, 4) is 11.5 Å². The first-order chi connectivity index (χ1) is 15.1. The average molecular weight is 436 g/mol. The molecule has 0 fully saturated rings. The van der Waals surface area contributed by atoms with E-state index in [1.54, 1.807) is 14.2 Å². The average Bonchev–Trinajstić information content (AvgIpc) is 2.82. The molecule has 31 heavy (non-hydrogen) atoms. The maximum absolute atomic E-state index is 13.4. The Hall–Kier alpha value is -2.98. The Balaban J connectivity index is 1.68. The van der Waals surface area contributed by atoms with E-state index >= 15 is 0 Å². The lowest BCUT2D eigenvalue weighted by Crippen LogP contribution is -2.40.